The fraction of sp³-hybridized carbons (Fsp3) is 0.381. The number of ether oxygens (including phenoxy) is 1. The topological polar surface area (TPSA) is 35.5 Å². The number of hydrogen-bond acceptors (Lipinski definition) is 3. The smallest absolute Gasteiger partial charge is 0.330 e. The number of carbonyl (C=O) groups excluding carboxylic acids is 1. The summed E-state index contributed by atoms with van der Waals surface area (Å²) in [7, 11) is 0.627. The van der Waals surface area contributed by atoms with E-state index in [4.69, 9.17) is 4.43 Å². The van der Waals surface area contributed by atoms with Crippen molar-refractivity contribution in [2.45, 2.75) is 45.9 Å². The van der Waals surface area contributed by atoms with E-state index in [1.54, 1.807) is 6.08 Å². The SMILES string of the molecule is COC(=O)C=Cc1ccc2c(CO[Si](C)C)c(C(C)(C)C)ccc2c1. The van der Waals surface area contributed by atoms with Crippen LogP contribution in [-0.2, 0) is 26.0 Å². The van der Waals surface area contributed by atoms with Crippen LogP contribution in [0.15, 0.2) is 36.4 Å². The van der Waals surface area contributed by atoms with Crippen molar-refractivity contribution in [1.29, 1.82) is 0 Å². The van der Waals surface area contributed by atoms with E-state index in [0.29, 0.717) is 6.61 Å². The highest BCUT2D eigenvalue weighted by atomic mass is 28.3. The standard InChI is InChI=1S/C21H27O3Si/c1-21(2,3)19-11-9-16-13-15(8-12-20(22)23-4)7-10-17(16)18(19)14-24-25(5)6/h7-13H,14H2,1-6H3. The van der Waals surface area contributed by atoms with Crippen molar-refractivity contribution in [1.82, 2.24) is 0 Å². The van der Waals surface area contributed by atoms with E-state index in [9.17, 15) is 4.79 Å². The van der Waals surface area contributed by atoms with Crippen molar-refractivity contribution < 1.29 is 14.0 Å². The third-order valence-electron chi connectivity index (χ3n) is 4.08. The van der Waals surface area contributed by atoms with Gasteiger partial charge in [0.05, 0.1) is 13.7 Å². The quantitative estimate of drug-likeness (QED) is 0.426. The number of benzene rings is 2. The second-order valence-corrected chi connectivity index (χ2v) is 9.48. The van der Waals surface area contributed by atoms with E-state index in [2.05, 4.69) is 62.9 Å². The van der Waals surface area contributed by atoms with E-state index in [0.717, 1.165) is 10.9 Å². The zero-order valence-corrected chi connectivity index (χ0v) is 17.0. The molecule has 4 heteroatoms. The van der Waals surface area contributed by atoms with Gasteiger partial charge in [-0.3, -0.25) is 0 Å². The monoisotopic (exact) mass is 355 g/mol. The molecule has 0 aliphatic carbocycles. The van der Waals surface area contributed by atoms with Gasteiger partial charge >= 0.3 is 5.97 Å². The van der Waals surface area contributed by atoms with Crippen LogP contribution in [-0.4, -0.2) is 22.1 Å². The fourth-order valence-electron chi connectivity index (χ4n) is 2.82. The van der Waals surface area contributed by atoms with E-state index >= 15 is 0 Å². The van der Waals surface area contributed by atoms with Gasteiger partial charge in [-0.2, -0.15) is 0 Å². The molecule has 0 saturated heterocycles. The molecule has 0 fully saturated rings. The minimum Gasteiger partial charge on any atom is -0.466 e. The summed E-state index contributed by atoms with van der Waals surface area (Å²) >= 11 is 0. The predicted octanol–water partition coefficient (Wildman–Crippen LogP) is 5.09. The number of esters is 1. The summed E-state index contributed by atoms with van der Waals surface area (Å²) < 4.78 is 10.7. The van der Waals surface area contributed by atoms with Gasteiger partial charge in [-0.1, -0.05) is 45.0 Å². The largest absolute Gasteiger partial charge is 0.466 e. The first-order valence-corrected chi connectivity index (χ1v) is 10.9. The van der Waals surface area contributed by atoms with E-state index < -0.39 is 9.04 Å². The Morgan fingerprint density at radius 2 is 1.88 bits per heavy atom. The van der Waals surface area contributed by atoms with E-state index in [1.165, 1.54) is 29.7 Å². The van der Waals surface area contributed by atoms with Crippen molar-refractivity contribution in [3.8, 4) is 0 Å². The molecule has 2 rings (SSSR count). The number of carbonyl (C=O) groups is 1. The molecule has 0 bridgehead atoms. The van der Waals surface area contributed by atoms with Crippen LogP contribution in [0.4, 0.5) is 0 Å². The van der Waals surface area contributed by atoms with Gasteiger partial charge < -0.3 is 9.16 Å². The molecule has 0 amide bonds. The minimum atomic E-state index is -0.753. The van der Waals surface area contributed by atoms with Crippen molar-refractivity contribution in [2.75, 3.05) is 7.11 Å². The highest BCUT2D eigenvalue weighted by molar-refractivity contribution is 6.48. The van der Waals surface area contributed by atoms with Crippen LogP contribution in [0.3, 0.4) is 0 Å². The first kappa shape index (κ1) is 19.4. The molecule has 0 saturated carbocycles. The Bertz CT molecular complexity index is 786. The Balaban J connectivity index is 2.51. The van der Waals surface area contributed by atoms with Crippen LogP contribution < -0.4 is 0 Å². The molecular weight excluding hydrogens is 328 g/mol. The molecular formula is C21H27O3Si. The molecule has 0 aliphatic rings. The average Bonchev–Trinajstić information content (AvgIpc) is 2.55. The first-order valence-electron chi connectivity index (χ1n) is 8.47. The highest BCUT2D eigenvalue weighted by Crippen LogP contribution is 2.32. The number of methoxy groups -OCH3 is 1. The Kier molecular flexibility index (Phi) is 6.19. The fourth-order valence-corrected chi connectivity index (χ4v) is 3.26. The van der Waals surface area contributed by atoms with Crippen LogP contribution in [0.5, 0.6) is 0 Å². The lowest BCUT2D eigenvalue weighted by Gasteiger charge is -2.25. The molecule has 0 N–H and O–H groups in total. The van der Waals surface area contributed by atoms with Crippen LogP contribution in [0.2, 0.25) is 13.1 Å². The summed E-state index contributed by atoms with van der Waals surface area (Å²) in [6, 6.07) is 10.6. The van der Waals surface area contributed by atoms with Gasteiger partial charge in [-0.25, -0.2) is 4.79 Å². The Hall–Kier alpha value is -1.91. The Labute approximate surface area is 152 Å². The van der Waals surface area contributed by atoms with Gasteiger partial charge in [0.2, 0.25) is 9.04 Å². The Morgan fingerprint density at radius 3 is 2.48 bits per heavy atom. The summed E-state index contributed by atoms with van der Waals surface area (Å²) in [4.78, 5) is 11.3. The second-order valence-electron chi connectivity index (χ2n) is 7.38. The normalized spacial score (nSPS) is 12.3. The summed E-state index contributed by atoms with van der Waals surface area (Å²) in [5, 5.41) is 2.37. The van der Waals surface area contributed by atoms with Crippen LogP contribution in [0.1, 0.15) is 37.5 Å². The molecule has 3 nitrogen and oxygen atoms in total. The van der Waals surface area contributed by atoms with Crippen molar-refractivity contribution in [3.63, 3.8) is 0 Å². The third-order valence-corrected chi connectivity index (χ3v) is 4.80. The third kappa shape index (κ3) is 5.03. The van der Waals surface area contributed by atoms with Gasteiger partial charge in [-0.15, -0.1) is 0 Å². The molecule has 1 radical (unpaired) electrons. The van der Waals surface area contributed by atoms with Crippen LogP contribution in [0.25, 0.3) is 16.8 Å². The van der Waals surface area contributed by atoms with E-state index in [-0.39, 0.29) is 11.4 Å². The maximum atomic E-state index is 11.3. The zero-order valence-electron chi connectivity index (χ0n) is 16.0. The van der Waals surface area contributed by atoms with Crippen LogP contribution >= 0.6 is 0 Å². The molecule has 0 aliphatic heterocycles. The molecule has 2 aromatic carbocycles. The summed E-state index contributed by atoms with van der Waals surface area (Å²) in [6.07, 6.45) is 3.22. The van der Waals surface area contributed by atoms with Crippen LogP contribution in [0, 0.1) is 0 Å². The molecule has 0 heterocycles. The summed E-state index contributed by atoms with van der Waals surface area (Å²) in [6.45, 7) is 11.6. The number of hydrogen-bond donors (Lipinski definition) is 0. The lowest BCUT2D eigenvalue weighted by Crippen LogP contribution is -2.17. The molecule has 25 heavy (non-hydrogen) atoms. The molecule has 0 unspecified atom stereocenters. The highest BCUT2D eigenvalue weighted by Gasteiger charge is 2.20. The van der Waals surface area contributed by atoms with Gasteiger partial charge in [-0.05, 0) is 58.1 Å². The van der Waals surface area contributed by atoms with Gasteiger partial charge in [0.1, 0.15) is 0 Å². The maximum Gasteiger partial charge on any atom is 0.330 e. The number of rotatable bonds is 5. The summed E-state index contributed by atoms with van der Waals surface area (Å²) in [5.74, 6) is -0.349. The van der Waals surface area contributed by atoms with Crippen molar-refractivity contribution >= 4 is 31.9 Å². The minimum absolute atomic E-state index is 0.0602. The first-order chi connectivity index (χ1) is 11.7. The zero-order chi connectivity index (χ0) is 18.6. The predicted molar refractivity (Wildman–Crippen MR) is 106 cm³/mol. The van der Waals surface area contributed by atoms with E-state index in [1.807, 2.05) is 6.07 Å². The van der Waals surface area contributed by atoms with Gasteiger partial charge in [0.25, 0.3) is 0 Å². The Morgan fingerprint density at radius 1 is 1.16 bits per heavy atom. The van der Waals surface area contributed by atoms with Crippen molar-refractivity contribution in [2.24, 2.45) is 0 Å². The molecule has 133 valence electrons. The molecule has 2 aromatic rings. The molecule has 0 aromatic heterocycles. The second kappa shape index (κ2) is 7.98. The van der Waals surface area contributed by atoms with Gasteiger partial charge in [0, 0.05) is 6.08 Å². The number of fused-ring (bicyclic) bond motifs is 1. The lowest BCUT2D eigenvalue weighted by atomic mass is 9.82. The maximum absolute atomic E-state index is 11.3. The lowest BCUT2D eigenvalue weighted by molar-refractivity contribution is -0.134. The van der Waals surface area contributed by atoms with Crippen molar-refractivity contribution in [3.05, 3.63) is 53.1 Å². The molecule has 0 spiro atoms. The summed E-state index contributed by atoms with van der Waals surface area (Å²) in [5.41, 5.74) is 3.62. The van der Waals surface area contributed by atoms with Gasteiger partial charge in [0.15, 0.2) is 0 Å². The molecule has 0 atom stereocenters. The average molecular weight is 356 g/mol.